The van der Waals surface area contributed by atoms with Crippen LogP contribution in [0.4, 0.5) is 0 Å². The largest absolute Gasteiger partial charge is 0.487 e. The van der Waals surface area contributed by atoms with Gasteiger partial charge in [-0.05, 0) is 19.4 Å². The zero-order valence-electron chi connectivity index (χ0n) is 14.6. The molecule has 0 saturated heterocycles. The van der Waals surface area contributed by atoms with Crippen molar-refractivity contribution in [3.63, 3.8) is 0 Å². The first-order valence-corrected chi connectivity index (χ1v) is 8.34. The molecule has 1 aromatic carbocycles. The summed E-state index contributed by atoms with van der Waals surface area (Å²) in [4.78, 5) is 10.8. The van der Waals surface area contributed by atoms with Gasteiger partial charge in [-0.25, -0.2) is 4.68 Å². The molecule has 134 valence electrons. The van der Waals surface area contributed by atoms with Crippen LogP contribution in [0.15, 0.2) is 36.8 Å². The van der Waals surface area contributed by atoms with Gasteiger partial charge in [-0.2, -0.15) is 5.10 Å². The molecule has 0 aliphatic carbocycles. The first-order valence-electron chi connectivity index (χ1n) is 8.34. The van der Waals surface area contributed by atoms with E-state index in [0.29, 0.717) is 12.2 Å². The quantitative estimate of drug-likeness (QED) is 0.754. The molecule has 1 aliphatic rings. The summed E-state index contributed by atoms with van der Waals surface area (Å²) >= 11 is 0. The minimum Gasteiger partial charge on any atom is -0.487 e. The van der Waals surface area contributed by atoms with Crippen LogP contribution in [0, 0.1) is 0 Å². The van der Waals surface area contributed by atoms with Crippen LogP contribution in [0.3, 0.4) is 0 Å². The molecule has 0 fully saturated rings. The highest BCUT2D eigenvalue weighted by Gasteiger charge is 2.31. The first-order chi connectivity index (χ1) is 12.4. The maximum Gasteiger partial charge on any atom is 0.325 e. The number of fused-ring (bicyclic) bond motifs is 1. The topological polar surface area (TPSA) is 95.1 Å². The minimum absolute atomic E-state index is 0.183. The number of rotatable bonds is 5. The van der Waals surface area contributed by atoms with E-state index in [1.165, 1.54) is 10.2 Å². The average Bonchev–Trinajstić information content (AvgIpc) is 3.24. The highest BCUT2D eigenvalue weighted by molar-refractivity contribution is 5.66. The van der Waals surface area contributed by atoms with Crippen molar-refractivity contribution in [2.24, 2.45) is 0 Å². The van der Waals surface area contributed by atoms with E-state index >= 15 is 0 Å². The third-order valence-electron chi connectivity index (χ3n) is 4.27. The SMILES string of the molecule is CC1(C)Cc2cccc(Cn3cc(-c4cnn(CC(=O)O)c4)nn3)c2O1. The number of para-hydroxylation sites is 1. The molecule has 1 N–H and O–H groups in total. The zero-order chi connectivity index (χ0) is 18.3. The molecule has 26 heavy (non-hydrogen) atoms. The maximum atomic E-state index is 10.8. The molecule has 8 heteroatoms. The highest BCUT2D eigenvalue weighted by atomic mass is 16.5. The fraction of sp³-hybridized carbons (Fsp3) is 0.333. The van der Waals surface area contributed by atoms with Crippen LogP contribution in [0.25, 0.3) is 11.3 Å². The molecule has 2 aromatic heterocycles. The van der Waals surface area contributed by atoms with Crippen molar-refractivity contribution < 1.29 is 14.6 Å². The zero-order valence-corrected chi connectivity index (χ0v) is 14.6. The predicted octanol–water partition coefficient (Wildman–Crippen LogP) is 1.99. The lowest BCUT2D eigenvalue weighted by Gasteiger charge is -2.18. The molecular weight excluding hydrogens is 334 g/mol. The molecule has 8 nitrogen and oxygen atoms in total. The van der Waals surface area contributed by atoms with Gasteiger partial charge in [-0.3, -0.25) is 9.48 Å². The third-order valence-corrected chi connectivity index (χ3v) is 4.27. The number of carbonyl (C=O) groups is 1. The van der Waals surface area contributed by atoms with Crippen molar-refractivity contribution in [1.82, 2.24) is 24.8 Å². The van der Waals surface area contributed by atoms with Gasteiger partial charge in [0, 0.05) is 23.7 Å². The third kappa shape index (κ3) is 3.17. The summed E-state index contributed by atoms with van der Waals surface area (Å²) in [5, 5.41) is 21.2. The highest BCUT2D eigenvalue weighted by Crippen LogP contribution is 2.37. The second-order valence-corrected chi connectivity index (χ2v) is 7.07. The number of hydrogen-bond acceptors (Lipinski definition) is 5. The van der Waals surface area contributed by atoms with Gasteiger partial charge in [-0.15, -0.1) is 5.10 Å². The fourth-order valence-electron chi connectivity index (χ4n) is 3.21. The molecular formula is C18H19N5O3. The van der Waals surface area contributed by atoms with Crippen LogP contribution in [0.2, 0.25) is 0 Å². The minimum atomic E-state index is -0.941. The van der Waals surface area contributed by atoms with Gasteiger partial charge in [0.25, 0.3) is 0 Å². The monoisotopic (exact) mass is 353 g/mol. The van der Waals surface area contributed by atoms with Crippen LogP contribution in [0.5, 0.6) is 5.75 Å². The lowest BCUT2D eigenvalue weighted by molar-refractivity contribution is -0.137. The molecule has 0 amide bonds. The van der Waals surface area contributed by atoms with E-state index in [1.54, 1.807) is 17.1 Å². The smallest absolute Gasteiger partial charge is 0.325 e. The summed E-state index contributed by atoms with van der Waals surface area (Å²) in [6.45, 7) is 4.53. The van der Waals surface area contributed by atoms with E-state index in [2.05, 4.69) is 35.3 Å². The molecule has 0 unspecified atom stereocenters. The Kier molecular flexibility index (Phi) is 3.75. The first kappa shape index (κ1) is 16.3. The molecule has 3 heterocycles. The standard InChI is InChI=1S/C18H19N5O3/c1-18(2)6-12-4-3-5-13(17(12)26-18)8-23-10-15(20-21-23)14-7-19-22(9-14)11-16(24)25/h3-5,7,9-10H,6,8,11H2,1-2H3,(H,24,25). The predicted molar refractivity (Wildman–Crippen MR) is 92.8 cm³/mol. The second kappa shape index (κ2) is 5.98. The molecule has 0 radical (unpaired) electrons. The fourth-order valence-corrected chi connectivity index (χ4v) is 3.21. The Morgan fingerprint density at radius 2 is 2.15 bits per heavy atom. The Balaban J connectivity index is 1.54. The second-order valence-electron chi connectivity index (χ2n) is 7.07. The van der Waals surface area contributed by atoms with Gasteiger partial charge >= 0.3 is 5.97 Å². The van der Waals surface area contributed by atoms with E-state index in [0.717, 1.165) is 23.3 Å². The number of carboxylic acid groups (broad SMARTS) is 1. The Morgan fingerprint density at radius 1 is 1.31 bits per heavy atom. The lowest BCUT2D eigenvalue weighted by Crippen LogP contribution is -2.25. The van der Waals surface area contributed by atoms with Gasteiger partial charge in [0.1, 0.15) is 23.6 Å². The Morgan fingerprint density at radius 3 is 2.96 bits per heavy atom. The number of aromatic nitrogens is 5. The number of aliphatic carboxylic acids is 1. The van der Waals surface area contributed by atoms with Gasteiger partial charge < -0.3 is 9.84 Å². The van der Waals surface area contributed by atoms with Crippen molar-refractivity contribution >= 4 is 5.97 Å². The molecule has 0 saturated carbocycles. The molecule has 0 spiro atoms. The van der Waals surface area contributed by atoms with Crippen molar-refractivity contribution in [2.75, 3.05) is 0 Å². The number of hydrogen-bond donors (Lipinski definition) is 1. The van der Waals surface area contributed by atoms with E-state index < -0.39 is 5.97 Å². The Bertz CT molecular complexity index is 973. The average molecular weight is 353 g/mol. The number of ether oxygens (including phenoxy) is 1. The summed E-state index contributed by atoms with van der Waals surface area (Å²) in [5.41, 5.74) is 3.46. The Hall–Kier alpha value is -3.16. The summed E-state index contributed by atoms with van der Waals surface area (Å²) in [6.07, 6.45) is 5.95. The van der Waals surface area contributed by atoms with Gasteiger partial charge in [0.2, 0.25) is 0 Å². The molecule has 0 atom stereocenters. The number of carboxylic acids is 1. The van der Waals surface area contributed by atoms with Crippen molar-refractivity contribution in [1.29, 1.82) is 0 Å². The number of nitrogens with zero attached hydrogens (tertiary/aromatic N) is 5. The van der Waals surface area contributed by atoms with Gasteiger partial charge in [-0.1, -0.05) is 23.4 Å². The van der Waals surface area contributed by atoms with Crippen LogP contribution in [-0.2, 0) is 24.3 Å². The maximum absolute atomic E-state index is 10.8. The summed E-state index contributed by atoms with van der Waals surface area (Å²) in [5.74, 6) is -0.00649. The number of benzene rings is 1. The van der Waals surface area contributed by atoms with Crippen LogP contribution in [0.1, 0.15) is 25.0 Å². The van der Waals surface area contributed by atoms with E-state index in [9.17, 15) is 4.79 Å². The van der Waals surface area contributed by atoms with Gasteiger partial charge in [0.15, 0.2) is 0 Å². The van der Waals surface area contributed by atoms with Gasteiger partial charge in [0.05, 0.1) is 18.9 Å². The van der Waals surface area contributed by atoms with Crippen LogP contribution < -0.4 is 4.74 Å². The Labute approximate surface area is 150 Å². The summed E-state index contributed by atoms with van der Waals surface area (Å²) in [7, 11) is 0. The molecule has 4 rings (SSSR count). The van der Waals surface area contributed by atoms with Crippen LogP contribution >= 0.6 is 0 Å². The van der Waals surface area contributed by atoms with E-state index in [1.807, 2.05) is 18.3 Å². The van der Waals surface area contributed by atoms with Crippen LogP contribution in [-0.4, -0.2) is 41.5 Å². The van der Waals surface area contributed by atoms with Crippen molar-refractivity contribution in [3.05, 3.63) is 47.9 Å². The molecule has 3 aromatic rings. The van der Waals surface area contributed by atoms with Crippen molar-refractivity contribution in [2.45, 2.75) is 39.0 Å². The van der Waals surface area contributed by atoms with E-state index in [-0.39, 0.29) is 12.1 Å². The van der Waals surface area contributed by atoms with Crippen molar-refractivity contribution in [3.8, 4) is 17.0 Å². The summed E-state index contributed by atoms with van der Waals surface area (Å²) < 4.78 is 9.20. The normalized spacial score (nSPS) is 14.8. The summed E-state index contributed by atoms with van der Waals surface area (Å²) in [6, 6.07) is 6.16. The lowest BCUT2D eigenvalue weighted by atomic mass is 10.0. The molecule has 0 bridgehead atoms. The van der Waals surface area contributed by atoms with E-state index in [4.69, 9.17) is 9.84 Å². The molecule has 1 aliphatic heterocycles.